The van der Waals surface area contributed by atoms with Crippen molar-refractivity contribution in [1.29, 1.82) is 0 Å². The molecule has 0 heterocycles. The first-order chi connectivity index (χ1) is 14.4. The van der Waals surface area contributed by atoms with E-state index in [1.807, 2.05) is 25.1 Å². The number of carbonyl (C=O) groups excluding carboxylic acids is 1. The Hall–Kier alpha value is -1.93. The Morgan fingerprint density at radius 2 is 1.83 bits per heavy atom. The molecular formula is C24H28INO4. The monoisotopic (exact) mass is 521 g/mol. The van der Waals surface area contributed by atoms with E-state index in [0.717, 1.165) is 21.3 Å². The molecule has 3 rings (SSSR count). The van der Waals surface area contributed by atoms with Gasteiger partial charge in [-0.2, -0.15) is 0 Å². The topological polar surface area (TPSA) is 75.6 Å². The van der Waals surface area contributed by atoms with Crippen molar-refractivity contribution in [1.82, 2.24) is 5.32 Å². The van der Waals surface area contributed by atoms with Gasteiger partial charge >= 0.3 is 5.97 Å². The molecule has 1 fully saturated rings. The first-order valence-corrected chi connectivity index (χ1v) is 11.5. The zero-order valence-corrected chi connectivity index (χ0v) is 19.4. The summed E-state index contributed by atoms with van der Waals surface area (Å²) >= 11 is 2.21. The van der Waals surface area contributed by atoms with Crippen LogP contribution in [0, 0.1) is 9.49 Å². The maximum atomic E-state index is 13.0. The summed E-state index contributed by atoms with van der Waals surface area (Å²) in [5, 5.41) is 12.1. The van der Waals surface area contributed by atoms with Crippen LogP contribution >= 0.6 is 22.6 Å². The Bertz CT molecular complexity index is 875. The van der Waals surface area contributed by atoms with Crippen LogP contribution in [0.15, 0.2) is 42.5 Å². The van der Waals surface area contributed by atoms with Crippen molar-refractivity contribution in [3.05, 3.63) is 68.3 Å². The molecular weight excluding hydrogens is 493 g/mol. The van der Waals surface area contributed by atoms with E-state index in [1.165, 1.54) is 32.1 Å². The summed E-state index contributed by atoms with van der Waals surface area (Å²) in [5.74, 6) is -0.483. The third-order valence-corrected chi connectivity index (χ3v) is 6.33. The van der Waals surface area contributed by atoms with Crippen LogP contribution < -0.4 is 5.32 Å². The van der Waals surface area contributed by atoms with Gasteiger partial charge in [0.2, 0.25) is 0 Å². The molecule has 2 N–H and O–H groups in total. The highest BCUT2D eigenvalue weighted by Gasteiger charge is 2.18. The molecule has 30 heavy (non-hydrogen) atoms. The van der Waals surface area contributed by atoms with E-state index in [2.05, 4.69) is 27.9 Å². The number of hydrogen-bond donors (Lipinski definition) is 2. The van der Waals surface area contributed by atoms with Crippen molar-refractivity contribution in [2.45, 2.75) is 51.7 Å². The first-order valence-electron chi connectivity index (χ1n) is 10.4. The Morgan fingerprint density at radius 3 is 2.50 bits per heavy atom. The molecule has 0 saturated heterocycles. The van der Waals surface area contributed by atoms with E-state index in [-0.39, 0.29) is 17.5 Å². The van der Waals surface area contributed by atoms with Gasteiger partial charge in [0.1, 0.15) is 0 Å². The molecule has 1 amide bonds. The molecule has 5 nitrogen and oxygen atoms in total. The molecule has 1 aliphatic rings. The van der Waals surface area contributed by atoms with Crippen molar-refractivity contribution in [2.75, 3.05) is 6.61 Å². The van der Waals surface area contributed by atoms with E-state index in [9.17, 15) is 9.59 Å². The Kier molecular flexibility index (Phi) is 8.27. The fourth-order valence-corrected chi connectivity index (χ4v) is 4.34. The summed E-state index contributed by atoms with van der Waals surface area (Å²) < 4.78 is 6.97. The Labute approximate surface area is 191 Å². The van der Waals surface area contributed by atoms with Gasteiger partial charge in [-0.3, -0.25) is 4.79 Å². The number of amides is 1. The van der Waals surface area contributed by atoms with Gasteiger partial charge in [0.15, 0.2) is 0 Å². The summed E-state index contributed by atoms with van der Waals surface area (Å²) in [5.41, 5.74) is 2.60. The summed E-state index contributed by atoms with van der Waals surface area (Å²) in [6.07, 6.45) is 6.37. The minimum Gasteiger partial charge on any atom is -0.478 e. The predicted molar refractivity (Wildman–Crippen MR) is 125 cm³/mol. The van der Waals surface area contributed by atoms with Crippen LogP contribution in [0.3, 0.4) is 0 Å². The molecule has 6 heteroatoms. The average molecular weight is 521 g/mol. The lowest BCUT2D eigenvalue weighted by atomic mass is 9.90. The molecule has 1 saturated carbocycles. The fourth-order valence-electron chi connectivity index (χ4n) is 3.85. The highest BCUT2D eigenvalue weighted by molar-refractivity contribution is 14.1. The summed E-state index contributed by atoms with van der Waals surface area (Å²) in [6, 6.07) is 12.2. The number of carboxylic acids is 1. The minimum atomic E-state index is -0.963. The van der Waals surface area contributed by atoms with Gasteiger partial charge in [0.05, 0.1) is 18.2 Å². The van der Waals surface area contributed by atoms with Gasteiger partial charge in [0.25, 0.3) is 5.91 Å². The van der Waals surface area contributed by atoms with Gasteiger partial charge in [0, 0.05) is 15.7 Å². The first kappa shape index (κ1) is 22.7. The van der Waals surface area contributed by atoms with Crippen molar-refractivity contribution in [3.8, 4) is 0 Å². The highest BCUT2D eigenvalue weighted by atomic mass is 127. The fraction of sp³-hybridized carbons (Fsp3) is 0.417. The normalized spacial score (nSPS) is 15.5. The average Bonchev–Trinajstić information content (AvgIpc) is 2.75. The molecule has 0 aromatic heterocycles. The SMILES string of the molecule is C[C@H](NC(=O)c1cc(I)ccc1COCC1CCCCC1)c1ccc(C(=O)O)cc1. The molecule has 2 aromatic rings. The second-order valence-corrected chi connectivity index (χ2v) is 9.19. The quantitative estimate of drug-likeness (QED) is 0.445. The zero-order valence-electron chi connectivity index (χ0n) is 17.2. The number of benzene rings is 2. The minimum absolute atomic E-state index is 0.153. The summed E-state index contributed by atoms with van der Waals surface area (Å²) in [7, 11) is 0. The third-order valence-electron chi connectivity index (χ3n) is 5.66. The predicted octanol–water partition coefficient (Wildman–Crippen LogP) is 5.58. The Balaban J connectivity index is 1.63. The number of hydrogen-bond acceptors (Lipinski definition) is 3. The number of carbonyl (C=O) groups is 2. The zero-order chi connectivity index (χ0) is 21.5. The molecule has 0 spiro atoms. The lowest BCUT2D eigenvalue weighted by molar-refractivity contribution is 0.0696. The number of carboxylic acid groups (broad SMARTS) is 1. The van der Waals surface area contributed by atoms with E-state index in [1.54, 1.807) is 24.3 Å². The molecule has 1 atom stereocenters. The second kappa shape index (κ2) is 10.9. The molecule has 0 bridgehead atoms. The van der Waals surface area contributed by atoms with Crippen molar-refractivity contribution in [3.63, 3.8) is 0 Å². The number of nitrogens with one attached hydrogen (secondary N) is 1. The van der Waals surface area contributed by atoms with Crippen LogP contribution in [-0.2, 0) is 11.3 Å². The van der Waals surface area contributed by atoms with Gasteiger partial charge in [-0.05, 0) is 83.7 Å². The number of rotatable bonds is 8. The maximum Gasteiger partial charge on any atom is 0.335 e. The second-order valence-electron chi connectivity index (χ2n) is 7.94. The van der Waals surface area contributed by atoms with Crippen molar-refractivity contribution in [2.24, 2.45) is 5.92 Å². The Morgan fingerprint density at radius 1 is 1.13 bits per heavy atom. The number of halogens is 1. The van der Waals surface area contributed by atoms with Gasteiger partial charge in [-0.1, -0.05) is 37.5 Å². The van der Waals surface area contributed by atoms with Crippen LogP contribution in [0.1, 0.15) is 76.9 Å². The van der Waals surface area contributed by atoms with Crippen LogP contribution in [0.25, 0.3) is 0 Å². The smallest absolute Gasteiger partial charge is 0.335 e. The van der Waals surface area contributed by atoms with Crippen LogP contribution in [0.4, 0.5) is 0 Å². The van der Waals surface area contributed by atoms with E-state index >= 15 is 0 Å². The maximum absolute atomic E-state index is 13.0. The molecule has 0 radical (unpaired) electrons. The van der Waals surface area contributed by atoms with Crippen molar-refractivity contribution >= 4 is 34.5 Å². The van der Waals surface area contributed by atoms with Crippen LogP contribution in [0.5, 0.6) is 0 Å². The highest BCUT2D eigenvalue weighted by Crippen LogP contribution is 2.24. The summed E-state index contributed by atoms with van der Waals surface area (Å²) in [4.78, 5) is 24.0. The molecule has 160 valence electrons. The van der Waals surface area contributed by atoms with E-state index in [4.69, 9.17) is 9.84 Å². The lowest BCUT2D eigenvalue weighted by Crippen LogP contribution is -2.28. The van der Waals surface area contributed by atoms with Crippen LogP contribution in [0.2, 0.25) is 0 Å². The molecule has 1 aliphatic carbocycles. The van der Waals surface area contributed by atoms with Crippen LogP contribution in [-0.4, -0.2) is 23.6 Å². The largest absolute Gasteiger partial charge is 0.478 e. The van der Waals surface area contributed by atoms with E-state index < -0.39 is 5.97 Å². The molecule has 0 aliphatic heterocycles. The lowest BCUT2D eigenvalue weighted by Gasteiger charge is -2.22. The third kappa shape index (κ3) is 6.28. The molecule has 2 aromatic carbocycles. The summed E-state index contributed by atoms with van der Waals surface area (Å²) in [6.45, 7) is 3.07. The number of ether oxygens (including phenoxy) is 1. The number of aromatic carboxylic acids is 1. The van der Waals surface area contributed by atoms with E-state index in [0.29, 0.717) is 18.1 Å². The van der Waals surface area contributed by atoms with Gasteiger partial charge in [-0.15, -0.1) is 0 Å². The van der Waals surface area contributed by atoms with Gasteiger partial charge < -0.3 is 15.2 Å². The standard InChI is InChI=1S/C24H28INO4/c1-16(18-7-9-19(10-8-18)24(28)29)26-23(27)22-13-21(25)12-11-20(22)15-30-14-17-5-3-2-4-6-17/h7-13,16-17H,2-6,14-15H2,1H3,(H,26,27)(H,28,29)/t16-/m0/s1. The van der Waals surface area contributed by atoms with Gasteiger partial charge in [-0.25, -0.2) is 4.79 Å². The van der Waals surface area contributed by atoms with Crippen molar-refractivity contribution < 1.29 is 19.4 Å². The molecule has 0 unspecified atom stereocenters.